The minimum absolute atomic E-state index is 0.237. The molecule has 1 heterocycles. The molecule has 3 aliphatic rings. The molecule has 0 atom stereocenters. The Hall–Kier alpha value is -0.350. The Kier molecular flexibility index (Phi) is 1.55. The van der Waals surface area contributed by atoms with Crippen LogP contribution < -0.4 is 5.30 Å². The highest BCUT2D eigenvalue weighted by atomic mass is 31.1. The maximum atomic E-state index is 2.39. The number of rotatable bonds is 1. The molecule has 1 heteroatoms. The van der Waals surface area contributed by atoms with Gasteiger partial charge in [-0.3, -0.25) is 0 Å². The Morgan fingerprint density at radius 3 is 1.73 bits per heavy atom. The third-order valence-corrected chi connectivity index (χ3v) is 9.10. The summed E-state index contributed by atoms with van der Waals surface area (Å²) in [5.41, 5.74) is 0. The van der Waals surface area contributed by atoms with Crippen molar-refractivity contribution < 1.29 is 0 Å². The fourth-order valence-corrected chi connectivity index (χ4v) is 8.75. The summed E-state index contributed by atoms with van der Waals surface area (Å²) in [6, 6.07) is 11.4. The van der Waals surface area contributed by atoms with Gasteiger partial charge in [-0.15, -0.1) is 0 Å². The van der Waals surface area contributed by atoms with Crippen LogP contribution >= 0.6 is 7.92 Å². The van der Waals surface area contributed by atoms with Crippen molar-refractivity contribution in [2.75, 3.05) is 0 Å². The number of hydrogen-bond acceptors (Lipinski definition) is 0. The summed E-state index contributed by atoms with van der Waals surface area (Å²) in [4.78, 5) is 0. The Bertz CT molecular complexity index is 367. The van der Waals surface area contributed by atoms with E-state index in [0.717, 1.165) is 10.3 Å². The topological polar surface area (TPSA) is 0 Å². The van der Waals surface area contributed by atoms with Crippen LogP contribution in [-0.4, -0.2) is 10.3 Å². The van der Waals surface area contributed by atoms with Crippen LogP contribution in [0.3, 0.4) is 0 Å². The van der Waals surface area contributed by atoms with Gasteiger partial charge in [-0.1, -0.05) is 51.1 Å². The molecule has 1 aliphatic heterocycles. The molecule has 0 nitrogen and oxygen atoms in total. The lowest BCUT2D eigenvalue weighted by Gasteiger charge is -2.36. The molecular formula is C14H17P. The lowest BCUT2D eigenvalue weighted by atomic mass is 9.67. The molecule has 2 aliphatic carbocycles. The van der Waals surface area contributed by atoms with Crippen LogP contribution in [0.1, 0.15) is 38.5 Å². The predicted molar refractivity (Wildman–Crippen MR) is 66.2 cm³/mol. The zero-order chi connectivity index (χ0) is 9.93. The van der Waals surface area contributed by atoms with Crippen LogP contribution in [0.15, 0.2) is 30.3 Å². The standard InChI is InChI=1S/C14H17P/c1-2-6-12(7-3-1)15-13(8-4-9-13)14(15)10-5-11-14/h1-3,6-7H,4-5,8-11H2. The summed E-state index contributed by atoms with van der Waals surface area (Å²) in [7, 11) is 0.237. The van der Waals surface area contributed by atoms with Crippen LogP contribution in [-0.2, 0) is 0 Å². The first-order valence-corrected chi connectivity index (χ1v) is 7.59. The van der Waals surface area contributed by atoms with Crippen molar-refractivity contribution in [1.29, 1.82) is 0 Å². The lowest BCUT2D eigenvalue weighted by Crippen LogP contribution is -2.37. The van der Waals surface area contributed by atoms with Crippen molar-refractivity contribution in [1.82, 2.24) is 0 Å². The maximum Gasteiger partial charge on any atom is 0.00497 e. The van der Waals surface area contributed by atoms with Gasteiger partial charge in [-0.05, 0) is 31.0 Å². The second-order valence-corrected chi connectivity index (χ2v) is 8.34. The van der Waals surface area contributed by atoms with E-state index in [-0.39, 0.29) is 7.92 Å². The molecule has 1 aromatic carbocycles. The zero-order valence-corrected chi connectivity index (χ0v) is 9.97. The Balaban J connectivity index is 1.74. The number of fused-ring (bicyclic) bond motifs is 1. The fraction of sp³-hybridized carbons (Fsp3) is 0.571. The minimum atomic E-state index is 0.237. The van der Waals surface area contributed by atoms with Gasteiger partial charge in [0.1, 0.15) is 0 Å². The molecule has 1 aromatic rings. The molecule has 0 aromatic heterocycles. The van der Waals surface area contributed by atoms with E-state index in [1.165, 1.54) is 12.8 Å². The van der Waals surface area contributed by atoms with Crippen molar-refractivity contribution in [2.45, 2.75) is 48.8 Å². The largest absolute Gasteiger partial charge is 0.0622 e. The van der Waals surface area contributed by atoms with Crippen LogP contribution in [0.5, 0.6) is 0 Å². The second-order valence-electron chi connectivity index (χ2n) is 5.44. The first-order chi connectivity index (χ1) is 7.39. The van der Waals surface area contributed by atoms with Crippen LogP contribution in [0.4, 0.5) is 0 Å². The molecular weight excluding hydrogens is 199 g/mol. The molecule has 0 radical (unpaired) electrons. The molecule has 0 unspecified atom stereocenters. The van der Waals surface area contributed by atoms with Gasteiger partial charge in [0.05, 0.1) is 0 Å². The highest BCUT2D eigenvalue weighted by Gasteiger charge is 2.79. The van der Waals surface area contributed by atoms with E-state index in [9.17, 15) is 0 Å². The molecule has 0 amide bonds. The van der Waals surface area contributed by atoms with Crippen molar-refractivity contribution in [3.8, 4) is 0 Å². The summed E-state index contributed by atoms with van der Waals surface area (Å²) in [5, 5.41) is 3.40. The smallest absolute Gasteiger partial charge is 0.00497 e. The number of benzene rings is 1. The monoisotopic (exact) mass is 216 g/mol. The first kappa shape index (κ1) is 8.76. The van der Waals surface area contributed by atoms with E-state index in [4.69, 9.17) is 0 Å². The highest BCUT2D eigenvalue weighted by Crippen LogP contribution is 2.93. The zero-order valence-electron chi connectivity index (χ0n) is 9.08. The molecule has 1 saturated heterocycles. The molecule has 0 bridgehead atoms. The van der Waals surface area contributed by atoms with Gasteiger partial charge in [0.15, 0.2) is 0 Å². The molecule has 78 valence electrons. The normalized spacial score (nSPS) is 29.9. The van der Waals surface area contributed by atoms with Gasteiger partial charge in [-0.2, -0.15) is 0 Å². The van der Waals surface area contributed by atoms with Gasteiger partial charge >= 0.3 is 0 Å². The molecule has 2 saturated carbocycles. The Morgan fingerprint density at radius 1 is 0.800 bits per heavy atom. The SMILES string of the molecule is c1ccc(P2C3(CCC3)C23CCC3)cc1. The summed E-state index contributed by atoms with van der Waals surface area (Å²) < 4.78 is 0. The maximum absolute atomic E-state index is 2.39. The lowest BCUT2D eigenvalue weighted by molar-refractivity contribution is 0.258. The fourth-order valence-electron chi connectivity index (χ4n) is 4.04. The van der Waals surface area contributed by atoms with Gasteiger partial charge in [0, 0.05) is 10.3 Å². The van der Waals surface area contributed by atoms with Crippen molar-refractivity contribution >= 4 is 13.2 Å². The molecule has 0 N–H and O–H groups in total. The average Bonchev–Trinajstić information content (AvgIpc) is 2.82. The van der Waals surface area contributed by atoms with E-state index in [0.29, 0.717) is 0 Å². The van der Waals surface area contributed by atoms with Gasteiger partial charge in [0.2, 0.25) is 0 Å². The van der Waals surface area contributed by atoms with Crippen molar-refractivity contribution in [2.24, 2.45) is 0 Å². The summed E-state index contributed by atoms with van der Waals surface area (Å²) in [5.74, 6) is 0. The molecule has 4 rings (SSSR count). The molecule has 3 fully saturated rings. The summed E-state index contributed by atoms with van der Waals surface area (Å²) in [6.07, 6.45) is 9.21. The van der Waals surface area contributed by atoms with E-state index in [2.05, 4.69) is 30.3 Å². The summed E-state index contributed by atoms with van der Waals surface area (Å²) >= 11 is 0. The van der Waals surface area contributed by atoms with Gasteiger partial charge in [0.25, 0.3) is 0 Å². The average molecular weight is 216 g/mol. The van der Waals surface area contributed by atoms with E-state index < -0.39 is 0 Å². The number of hydrogen-bond donors (Lipinski definition) is 0. The summed E-state index contributed by atoms with van der Waals surface area (Å²) in [6.45, 7) is 0. The minimum Gasteiger partial charge on any atom is -0.0622 e. The highest BCUT2D eigenvalue weighted by molar-refractivity contribution is 7.77. The van der Waals surface area contributed by atoms with E-state index in [1.54, 1.807) is 31.0 Å². The quantitative estimate of drug-likeness (QED) is 0.628. The molecule has 15 heavy (non-hydrogen) atoms. The predicted octanol–water partition coefficient (Wildman–Crippen LogP) is 3.65. The first-order valence-electron chi connectivity index (χ1n) is 6.25. The van der Waals surface area contributed by atoms with Crippen molar-refractivity contribution in [3.63, 3.8) is 0 Å². The van der Waals surface area contributed by atoms with E-state index >= 15 is 0 Å². The van der Waals surface area contributed by atoms with Crippen LogP contribution in [0.25, 0.3) is 0 Å². The van der Waals surface area contributed by atoms with Crippen LogP contribution in [0, 0.1) is 0 Å². The van der Waals surface area contributed by atoms with Gasteiger partial charge < -0.3 is 0 Å². The van der Waals surface area contributed by atoms with Crippen molar-refractivity contribution in [3.05, 3.63) is 30.3 Å². The van der Waals surface area contributed by atoms with E-state index in [1.807, 2.05) is 0 Å². The Labute approximate surface area is 92.8 Å². The second kappa shape index (κ2) is 2.66. The Morgan fingerprint density at radius 2 is 1.33 bits per heavy atom. The van der Waals surface area contributed by atoms with Gasteiger partial charge in [-0.25, -0.2) is 0 Å². The molecule has 2 spiro atoms. The van der Waals surface area contributed by atoms with Crippen LogP contribution in [0.2, 0.25) is 0 Å². The third kappa shape index (κ3) is 0.851. The third-order valence-electron chi connectivity index (χ3n) is 5.05.